The fraction of sp³-hybridized carbons (Fsp3) is 0.350. The van der Waals surface area contributed by atoms with Crippen LogP contribution in [0, 0.1) is 11.6 Å². The summed E-state index contributed by atoms with van der Waals surface area (Å²) >= 11 is 0. The minimum absolute atomic E-state index is 0.323. The van der Waals surface area contributed by atoms with Crippen molar-refractivity contribution < 1.29 is 50.9 Å². The quantitative estimate of drug-likeness (QED) is 0.452. The van der Waals surface area contributed by atoms with Crippen molar-refractivity contribution in [1.82, 2.24) is 5.32 Å². The average molecular weight is 463 g/mol. The van der Waals surface area contributed by atoms with Crippen LogP contribution in [0.15, 0.2) is 34.7 Å². The number of carbonyl (C=O) groups is 3. The Hall–Kier alpha value is -3.44. The summed E-state index contributed by atoms with van der Waals surface area (Å²) in [6, 6.07) is 0.909. The van der Waals surface area contributed by atoms with E-state index < -0.39 is 95.3 Å². The number of halogens is 5. The Balaban J connectivity index is 2.91. The lowest BCUT2D eigenvalue weighted by Gasteiger charge is -2.31. The van der Waals surface area contributed by atoms with Crippen LogP contribution in [-0.2, 0) is 30.3 Å². The molecule has 1 aliphatic heterocycles. The van der Waals surface area contributed by atoms with E-state index >= 15 is 0 Å². The van der Waals surface area contributed by atoms with Crippen LogP contribution in [0.2, 0.25) is 0 Å². The number of esters is 2. The smallest absolute Gasteiger partial charge is 0.336 e. The van der Waals surface area contributed by atoms with E-state index in [2.05, 4.69) is 10.1 Å². The molecule has 1 atom stereocenters. The fourth-order valence-electron chi connectivity index (χ4n) is 3.37. The molecule has 0 radical (unpaired) electrons. The highest BCUT2D eigenvalue weighted by Crippen LogP contribution is 2.41. The van der Waals surface area contributed by atoms with Crippen LogP contribution in [0.5, 0.6) is 0 Å². The zero-order chi connectivity index (χ0) is 24.2. The predicted octanol–water partition coefficient (Wildman–Crippen LogP) is 2.76. The molecule has 32 heavy (non-hydrogen) atoms. The number of aliphatic carboxylic acids is 1. The number of hydrogen-bond acceptors (Lipinski definition) is 6. The number of rotatable bonds is 8. The Kier molecular flexibility index (Phi) is 7.95. The molecule has 12 heteroatoms. The van der Waals surface area contributed by atoms with E-state index in [0.29, 0.717) is 12.1 Å². The lowest BCUT2D eigenvalue weighted by molar-refractivity contribution is -0.141. The SMILES string of the molecule is COC(=O)C1=C(CF)NC(COC(C)=O)=C(C(=O)O)C1c1cc(F)cc(F)c1CC(F)F. The lowest BCUT2D eigenvalue weighted by atomic mass is 9.77. The first-order chi connectivity index (χ1) is 15.0. The number of allylic oxidation sites excluding steroid dienone is 1. The summed E-state index contributed by atoms with van der Waals surface area (Å²) in [6.45, 7) is -1.11. The number of methoxy groups -OCH3 is 1. The van der Waals surface area contributed by atoms with Crippen LogP contribution in [0.25, 0.3) is 0 Å². The summed E-state index contributed by atoms with van der Waals surface area (Å²) in [5.74, 6) is -8.39. The number of carboxylic acid groups (broad SMARTS) is 1. The summed E-state index contributed by atoms with van der Waals surface area (Å²) in [7, 11) is 0.896. The van der Waals surface area contributed by atoms with Crippen LogP contribution in [0.1, 0.15) is 24.0 Å². The Morgan fingerprint density at radius 1 is 1.16 bits per heavy atom. The molecule has 1 aromatic rings. The van der Waals surface area contributed by atoms with Gasteiger partial charge in [-0.3, -0.25) is 4.79 Å². The first kappa shape index (κ1) is 24.8. The number of carboxylic acids is 1. The van der Waals surface area contributed by atoms with E-state index in [1.54, 1.807) is 0 Å². The van der Waals surface area contributed by atoms with E-state index in [4.69, 9.17) is 4.74 Å². The molecule has 0 bridgehead atoms. The number of nitrogens with one attached hydrogen (secondary N) is 1. The molecule has 0 amide bonds. The molecule has 2 rings (SSSR count). The first-order valence-electron chi connectivity index (χ1n) is 9.01. The van der Waals surface area contributed by atoms with Crippen molar-refractivity contribution in [2.24, 2.45) is 0 Å². The Morgan fingerprint density at radius 2 is 1.81 bits per heavy atom. The van der Waals surface area contributed by atoms with Gasteiger partial charge in [0.2, 0.25) is 6.43 Å². The van der Waals surface area contributed by atoms with Crippen molar-refractivity contribution in [3.8, 4) is 0 Å². The predicted molar refractivity (Wildman–Crippen MR) is 98.3 cm³/mol. The van der Waals surface area contributed by atoms with Crippen LogP contribution in [0.3, 0.4) is 0 Å². The van der Waals surface area contributed by atoms with Gasteiger partial charge in [0.25, 0.3) is 0 Å². The molecule has 1 aliphatic rings. The number of benzene rings is 1. The maximum Gasteiger partial charge on any atom is 0.336 e. The highest BCUT2D eigenvalue weighted by molar-refractivity contribution is 5.99. The number of dihydropyridines is 1. The number of hydrogen-bond donors (Lipinski definition) is 2. The Labute approximate surface area is 178 Å². The molecule has 174 valence electrons. The van der Waals surface area contributed by atoms with E-state index in [1.165, 1.54) is 0 Å². The molecule has 7 nitrogen and oxygen atoms in total. The highest BCUT2D eigenvalue weighted by atomic mass is 19.3. The highest BCUT2D eigenvalue weighted by Gasteiger charge is 2.41. The van der Waals surface area contributed by atoms with Crippen molar-refractivity contribution in [1.29, 1.82) is 0 Å². The monoisotopic (exact) mass is 463 g/mol. The summed E-state index contributed by atoms with van der Waals surface area (Å²) in [4.78, 5) is 35.7. The molecule has 0 aromatic heterocycles. The maximum absolute atomic E-state index is 14.5. The lowest BCUT2D eigenvalue weighted by Crippen LogP contribution is -2.36. The second kappa shape index (κ2) is 10.2. The molecular formula is C20H18F5NO6. The minimum atomic E-state index is -3.11. The first-order valence-corrected chi connectivity index (χ1v) is 9.01. The zero-order valence-electron chi connectivity index (χ0n) is 16.8. The Morgan fingerprint density at radius 3 is 2.31 bits per heavy atom. The average Bonchev–Trinajstić information content (AvgIpc) is 2.71. The summed E-state index contributed by atoms with van der Waals surface area (Å²) in [6.07, 6.45) is -4.35. The number of alkyl halides is 3. The fourth-order valence-corrected chi connectivity index (χ4v) is 3.37. The van der Waals surface area contributed by atoms with Gasteiger partial charge in [-0.1, -0.05) is 0 Å². The molecule has 0 spiro atoms. The van der Waals surface area contributed by atoms with Gasteiger partial charge < -0.3 is 19.9 Å². The van der Waals surface area contributed by atoms with Crippen molar-refractivity contribution >= 4 is 17.9 Å². The van der Waals surface area contributed by atoms with Gasteiger partial charge in [-0.05, 0) is 17.2 Å². The van der Waals surface area contributed by atoms with Crippen molar-refractivity contribution in [3.05, 3.63) is 57.4 Å². The van der Waals surface area contributed by atoms with Crippen LogP contribution < -0.4 is 5.32 Å². The second-order valence-corrected chi connectivity index (χ2v) is 6.60. The number of carbonyl (C=O) groups excluding carboxylic acids is 2. The minimum Gasteiger partial charge on any atom is -0.478 e. The van der Waals surface area contributed by atoms with Crippen LogP contribution >= 0.6 is 0 Å². The summed E-state index contributed by atoms with van der Waals surface area (Å²) < 4.78 is 78.0. The normalized spacial score (nSPS) is 16.2. The zero-order valence-corrected chi connectivity index (χ0v) is 16.8. The van der Waals surface area contributed by atoms with E-state index in [-0.39, 0.29) is 0 Å². The van der Waals surface area contributed by atoms with Crippen LogP contribution in [0.4, 0.5) is 22.0 Å². The van der Waals surface area contributed by atoms with Crippen molar-refractivity contribution in [2.75, 3.05) is 20.4 Å². The maximum atomic E-state index is 14.5. The van der Waals surface area contributed by atoms with E-state index in [1.807, 2.05) is 0 Å². The summed E-state index contributed by atoms with van der Waals surface area (Å²) in [5, 5.41) is 12.1. The van der Waals surface area contributed by atoms with Gasteiger partial charge in [-0.2, -0.15) is 0 Å². The van der Waals surface area contributed by atoms with Gasteiger partial charge in [-0.25, -0.2) is 31.5 Å². The van der Waals surface area contributed by atoms with Gasteiger partial charge in [0.15, 0.2) is 0 Å². The molecule has 1 unspecified atom stereocenters. The molecule has 1 heterocycles. The van der Waals surface area contributed by atoms with Crippen molar-refractivity contribution in [2.45, 2.75) is 25.7 Å². The largest absolute Gasteiger partial charge is 0.478 e. The second-order valence-electron chi connectivity index (χ2n) is 6.60. The van der Waals surface area contributed by atoms with Gasteiger partial charge >= 0.3 is 17.9 Å². The van der Waals surface area contributed by atoms with Gasteiger partial charge in [0.05, 0.1) is 35.6 Å². The third kappa shape index (κ3) is 5.24. The third-order valence-corrected chi connectivity index (χ3v) is 4.58. The molecule has 1 aromatic carbocycles. The molecule has 0 aliphatic carbocycles. The van der Waals surface area contributed by atoms with Gasteiger partial charge in [0, 0.05) is 19.4 Å². The standard InChI is InChI=1S/C20H18F5NO6/c1-8(27)32-7-14-17(19(28)29)16(18(20(30)31-2)13(6-21)26-14)11-3-9(22)4-12(23)10(11)5-15(24)25/h3-4,15-16,26H,5-7H2,1-2H3,(H,28,29). The molecule has 0 saturated carbocycles. The van der Waals surface area contributed by atoms with Gasteiger partial charge in [-0.15, -0.1) is 0 Å². The Bertz CT molecular complexity index is 1000. The van der Waals surface area contributed by atoms with E-state index in [0.717, 1.165) is 14.0 Å². The third-order valence-electron chi connectivity index (χ3n) is 4.58. The topological polar surface area (TPSA) is 102 Å². The summed E-state index contributed by atoms with van der Waals surface area (Å²) in [5.41, 5.74) is -3.79. The molecule has 2 N–H and O–H groups in total. The van der Waals surface area contributed by atoms with Crippen LogP contribution in [-0.4, -0.2) is 49.8 Å². The van der Waals surface area contributed by atoms with E-state index in [9.17, 15) is 41.4 Å². The number of ether oxygens (including phenoxy) is 2. The molecule has 0 saturated heterocycles. The molecule has 0 fully saturated rings. The molecular weight excluding hydrogens is 445 g/mol. The van der Waals surface area contributed by atoms with Crippen molar-refractivity contribution in [3.63, 3.8) is 0 Å². The van der Waals surface area contributed by atoms with Gasteiger partial charge in [0.1, 0.15) is 24.9 Å².